The van der Waals surface area contributed by atoms with Crippen LogP contribution < -0.4 is 10.6 Å². The number of benzene rings is 2. The Hall–Kier alpha value is -1.50. The second-order valence-corrected chi connectivity index (χ2v) is 10.5. The fourth-order valence-corrected chi connectivity index (χ4v) is 9.05. The molecule has 1 saturated heterocycles. The molecule has 4 atom stereocenters. The van der Waals surface area contributed by atoms with E-state index >= 15 is 0 Å². The number of hydrogen-bond donors (Lipinski definition) is 0. The second kappa shape index (κ2) is 5.02. The van der Waals surface area contributed by atoms with Gasteiger partial charge in [-0.05, 0) is 31.4 Å². The van der Waals surface area contributed by atoms with E-state index in [4.69, 9.17) is 4.74 Å². The molecule has 0 N–H and O–H groups in total. The molecular weight excluding hydrogens is 327 g/mol. The molecule has 3 fully saturated rings. The van der Waals surface area contributed by atoms with Gasteiger partial charge in [-0.3, -0.25) is 4.79 Å². The number of Topliss-reactive ketones (excluding diaryl/α,β-unsaturated/α-hetero) is 1. The molecule has 4 bridgehead atoms. The third-order valence-electron chi connectivity index (χ3n) is 7.21. The molecule has 1 heterocycles. The maximum absolute atomic E-state index is 13.8. The van der Waals surface area contributed by atoms with Crippen molar-refractivity contribution in [2.75, 3.05) is 6.61 Å². The van der Waals surface area contributed by atoms with Gasteiger partial charge in [-0.15, -0.1) is 0 Å². The second-order valence-electron chi connectivity index (χ2n) is 8.16. The van der Waals surface area contributed by atoms with Crippen LogP contribution >= 0.6 is 7.92 Å². The van der Waals surface area contributed by atoms with Crippen LogP contribution in [0.15, 0.2) is 60.7 Å². The smallest absolute Gasteiger partial charge is 0.176 e. The average Bonchev–Trinajstić information content (AvgIpc) is 3.14. The lowest BCUT2D eigenvalue weighted by atomic mass is 9.69. The zero-order chi connectivity index (χ0) is 17.3. The number of hydrogen-bond acceptors (Lipinski definition) is 2. The summed E-state index contributed by atoms with van der Waals surface area (Å²) in [5.74, 6) is 0.702. The van der Waals surface area contributed by atoms with Gasteiger partial charge in [-0.1, -0.05) is 74.5 Å². The highest BCUT2D eigenvalue weighted by Gasteiger charge is 2.81. The summed E-state index contributed by atoms with van der Waals surface area (Å²) in [5, 5.41) is 1.86. The molecule has 2 aromatic carbocycles. The lowest BCUT2D eigenvalue weighted by Gasteiger charge is -2.44. The Bertz CT molecular complexity index is 796. The molecule has 0 radical (unpaired) electrons. The molecule has 2 aromatic rings. The normalized spacial score (nSPS) is 38.7. The Morgan fingerprint density at radius 2 is 1.52 bits per heavy atom. The third-order valence-corrected chi connectivity index (χ3v) is 10.2. The van der Waals surface area contributed by atoms with Crippen LogP contribution in [0.5, 0.6) is 0 Å². The highest BCUT2D eigenvalue weighted by atomic mass is 31.1. The fourth-order valence-electron chi connectivity index (χ4n) is 5.67. The highest BCUT2D eigenvalue weighted by Crippen LogP contribution is 2.78. The summed E-state index contributed by atoms with van der Waals surface area (Å²) < 4.78 is 6.50. The van der Waals surface area contributed by atoms with Crippen molar-refractivity contribution in [1.82, 2.24) is 0 Å². The minimum absolute atomic E-state index is 0.00573. The Labute approximate surface area is 150 Å². The van der Waals surface area contributed by atoms with Crippen molar-refractivity contribution < 1.29 is 9.53 Å². The topological polar surface area (TPSA) is 26.3 Å². The van der Waals surface area contributed by atoms with Crippen LogP contribution in [0.4, 0.5) is 0 Å². The number of carbonyl (C=O) groups is 1. The first-order chi connectivity index (χ1) is 12.0. The molecule has 2 saturated carbocycles. The van der Waals surface area contributed by atoms with Crippen LogP contribution in [-0.4, -0.2) is 17.7 Å². The SMILES string of the molecule is C[C@@]12CO[C@]3(P(c4ccccc4)c4ccccc4)C(=O)[C@@]1(C)CC[C@@H]32. The standard InChI is InChI=1S/C22H23O2P/c1-20-14-13-18-21(20,2)15-24-22(18,19(20)23)25(16-9-5-3-6-10-16)17-11-7-4-8-12-17/h3-12,18H,13-15H2,1-2H3/t18-,20-,21+,22-/m1/s1. The Kier molecular flexibility index (Phi) is 3.16. The van der Waals surface area contributed by atoms with Gasteiger partial charge in [-0.25, -0.2) is 0 Å². The predicted molar refractivity (Wildman–Crippen MR) is 102 cm³/mol. The van der Waals surface area contributed by atoms with Gasteiger partial charge in [0.25, 0.3) is 0 Å². The summed E-state index contributed by atoms with van der Waals surface area (Å²) in [7, 11) is -0.884. The largest absolute Gasteiger partial charge is 0.361 e. The summed E-state index contributed by atoms with van der Waals surface area (Å²) in [6, 6.07) is 21.1. The van der Waals surface area contributed by atoms with E-state index in [-0.39, 0.29) is 10.8 Å². The van der Waals surface area contributed by atoms with E-state index in [2.05, 4.69) is 62.4 Å². The van der Waals surface area contributed by atoms with E-state index in [1.165, 1.54) is 10.6 Å². The van der Waals surface area contributed by atoms with Crippen LogP contribution in [0.3, 0.4) is 0 Å². The van der Waals surface area contributed by atoms with Gasteiger partial charge >= 0.3 is 0 Å². The zero-order valence-corrected chi connectivity index (χ0v) is 15.6. The zero-order valence-electron chi connectivity index (χ0n) is 14.7. The van der Waals surface area contributed by atoms with Crippen molar-refractivity contribution in [2.24, 2.45) is 16.7 Å². The quantitative estimate of drug-likeness (QED) is 0.786. The molecule has 1 aliphatic heterocycles. The molecule has 128 valence electrons. The molecular formula is C22H23O2P. The van der Waals surface area contributed by atoms with E-state index in [1.54, 1.807) is 0 Å². The summed E-state index contributed by atoms with van der Waals surface area (Å²) in [5.41, 5.74) is -0.228. The van der Waals surface area contributed by atoms with E-state index in [9.17, 15) is 4.79 Å². The minimum atomic E-state index is -0.884. The Balaban J connectivity index is 1.75. The van der Waals surface area contributed by atoms with Gasteiger partial charge in [0.2, 0.25) is 0 Å². The lowest BCUT2D eigenvalue weighted by Crippen LogP contribution is -2.52. The lowest BCUT2D eigenvalue weighted by molar-refractivity contribution is -0.150. The maximum Gasteiger partial charge on any atom is 0.176 e. The van der Waals surface area contributed by atoms with Crippen molar-refractivity contribution in [2.45, 2.75) is 32.0 Å². The van der Waals surface area contributed by atoms with Gasteiger partial charge in [-0.2, -0.15) is 0 Å². The Morgan fingerprint density at radius 1 is 0.960 bits per heavy atom. The minimum Gasteiger partial charge on any atom is -0.361 e. The summed E-state index contributed by atoms with van der Waals surface area (Å²) >= 11 is 0. The van der Waals surface area contributed by atoms with Crippen LogP contribution in [0.25, 0.3) is 0 Å². The van der Waals surface area contributed by atoms with E-state index in [1.807, 2.05) is 12.1 Å². The van der Waals surface area contributed by atoms with Crippen LogP contribution in [0, 0.1) is 16.7 Å². The number of rotatable bonds is 3. The van der Waals surface area contributed by atoms with Crippen molar-refractivity contribution >= 4 is 24.3 Å². The molecule has 0 amide bonds. The van der Waals surface area contributed by atoms with Crippen LogP contribution in [0.1, 0.15) is 26.7 Å². The monoisotopic (exact) mass is 350 g/mol. The first-order valence-corrected chi connectivity index (χ1v) is 10.5. The van der Waals surface area contributed by atoms with Crippen LogP contribution in [-0.2, 0) is 9.53 Å². The molecule has 3 aliphatic rings. The van der Waals surface area contributed by atoms with Gasteiger partial charge < -0.3 is 4.74 Å². The van der Waals surface area contributed by atoms with Gasteiger partial charge in [0.15, 0.2) is 11.1 Å². The molecule has 25 heavy (non-hydrogen) atoms. The van der Waals surface area contributed by atoms with E-state index < -0.39 is 13.3 Å². The van der Waals surface area contributed by atoms with Crippen molar-refractivity contribution in [1.29, 1.82) is 0 Å². The van der Waals surface area contributed by atoms with Gasteiger partial charge in [0.05, 0.1) is 6.61 Å². The van der Waals surface area contributed by atoms with Crippen molar-refractivity contribution in [3.8, 4) is 0 Å². The average molecular weight is 350 g/mol. The number of ether oxygens (including phenoxy) is 1. The predicted octanol–water partition coefficient (Wildman–Crippen LogP) is 3.85. The van der Waals surface area contributed by atoms with E-state index in [0.717, 1.165) is 19.4 Å². The first-order valence-electron chi connectivity index (χ1n) is 9.13. The van der Waals surface area contributed by atoms with Crippen LogP contribution in [0.2, 0.25) is 0 Å². The van der Waals surface area contributed by atoms with Gasteiger partial charge in [0, 0.05) is 16.7 Å². The summed E-state index contributed by atoms with van der Waals surface area (Å²) in [6.07, 6.45) is 2.13. The molecule has 0 aromatic heterocycles. The highest BCUT2D eigenvalue weighted by molar-refractivity contribution is 7.75. The third kappa shape index (κ3) is 1.70. The first kappa shape index (κ1) is 15.7. The summed E-state index contributed by atoms with van der Waals surface area (Å²) in [4.78, 5) is 13.8. The van der Waals surface area contributed by atoms with Crippen molar-refractivity contribution in [3.05, 3.63) is 60.7 Å². The molecule has 0 spiro atoms. The number of ketones is 1. The van der Waals surface area contributed by atoms with E-state index in [0.29, 0.717) is 11.7 Å². The summed E-state index contributed by atoms with van der Waals surface area (Å²) in [6.45, 7) is 5.21. The molecule has 0 unspecified atom stereocenters. The van der Waals surface area contributed by atoms with Gasteiger partial charge in [0.1, 0.15) is 0 Å². The number of carbonyl (C=O) groups excluding carboxylic acids is 1. The molecule has 2 aliphatic carbocycles. The molecule has 2 nitrogen and oxygen atoms in total. The Morgan fingerprint density at radius 3 is 2.00 bits per heavy atom. The molecule has 3 heteroatoms. The fraction of sp³-hybridized carbons (Fsp3) is 0.409. The van der Waals surface area contributed by atoms with Crippen molar-refractivity contribution in [3.63, 3.8) is 0 Å². The maximum atomic E-state index is 13.8. The molecule has 5 rings (SSSR count).